The number of nitrogens with two attached hydrogens (primary N) is 1. The molecule has 5 heteroatoms. The molecule has 0 aliphatic heterocycles. The molecule has 2 unspecified atom stereocenters. The van der Waals surface area contributed by atoms with E-state index in [9.17, 15) is 4.79 Å². The molecule has 0 saturated heterocycles. The molecule has 0 fully saturated rings. The summed E-state index contributed by atoms with van der Waals surface area (Å²) in [5.74, 6) is 0.698. The molecule has 2 heterocycles. The van der Waals surface area contributed by atoms with Crippen molar-refractivity contribution in [2.45, 2.75) is 25.4 Å². The van der Waals surface area contributed by atoms with Gasteiger partial charge in [-0.2, -0.15) is 0 Å². The van der Waals surface area contributed by atoms with Crippen molar-refractivity contribution in [1.82, 2.24) is 5.32 Å². The van der Waals surface area contributed by atoms with Crippen molar-refractivity contribution in [2.75, 3.05) is 0 Å². The molecule has 0 aromatic carbocycles. The molecule has 0 aliphatic carbocycles. The normalized spacial score (nSPS) is 14.1. The highest BCUT2D eigenvalue weighted by Crippen LogP contribution is 2.17. The van der Waals surface area contributed by atoms with Crippen LogP contribution < -0.4 is 11.1 Å². The number of furan rings is 1. The van der Waals surface area contributed by atoms with Crippen molar-refractivity contribution in [2.24, 2.45) is 5.73 Å². The van der Waals surface area contributed by atoms with Crippen LogP contribution in [-0.2, 0) is 11.2 Å². The third kappa shape index (κ3) is 3.21. The van der Waals surface area contributed by atoms with E-state index in [2.05, 4.69) is 5.32 Å². The predicted octanol–water partition coefficient (Wildman–Crippen LogP) is 2.09. The summed E-state index contributed by atoms with van der Waals surface area (Å²) >= 11 is 1.49. The number of thiophene rings is 1. The number of carbonyl (C=O) groups is 1. The highest BCUT2D eigenvalue weighted by atomic mass is 32.1. The van der Waals surface area contributed by atoms with Crippen molar-refractivity contribution >= 4 is 17.2 Å². The Bertz CT molecular complexity index is 479. The van der Waals surface area contributed by atoms with Gasteiger partial charge in [0.2, 0.25) is 5.91 Å². The van der Waals surface area contributed by atoms with Gasteiger partial charge in [-0.3, -0.25) is 4.79 Å². The van der Waals surface area contributed by atoms with Gasteiger partial charge < -0.3 is 15.5 Å². The summed E-state index contributed by atoms with van der Waals surface area (Å²) in [4.78, 5) is 12.8. The van der Waals surface area contributed by atoms with Gasteiger partial charge in [0.15, 0.2) is 0 Å². The zero-order chi connectivity index (χ0) is 13.0. The minimum absolute atomic E-state index is 0.00494. The minimum Gasteiger partial charge on any atom is -0.469 e. The van der Waals surface area contributed by atoms with Crippen LogP contribution in [0.25, 0.3) is 0 Å². The smallest absolute Gasteiger partial charge is 0.242 e. The van der Waals surface area contributed by atoms with Gasteiger partial charge >= 0.3 is 0 Å². The average Bonchev–Trinajstić information content (AvgIpc) is 2.99. The van der Waals surface area contributed by atoms with Crippen LogP contribution in [0.15, 0.2) is 40.3 Å². The number of hydrogen-bond acceptors (Lipinski definition) is 4. The summed E-state index contributed by atoms with van der Waals surface area (Å²) in [6.07, 6.45) is 2.29. The molecule has 1 amide bonds. The lowest BCUT2D eigenvalue weighted by atomic mass is 10.1. The molecule has 0 radical (unpaired) electrons. The van der Waals surface area contributed by atoms with Gasteiger partial charge in [0.25, 0.3) is 0 Å². The topological polar surface area (TPSA) is 68.3 Å². The molecule has 2 aromatic heterocycles. The van der Waals surface area contributed by atoms with Gasteiger partial charge in [0, 0.05) is 17.3 Å². The Labute approximate surface area is 110 Å². The fraction of sp³-hybridized carbons (Fsp3) is 0.308. The van der Waals surface area contributed by atoms with Crippen molar-refractivity contribution in [3.8, 4) is 0 Å². The zero-order valence-electron chi connectivity index (χ0n) is 10.1. The second kappa shape index (κ2) is 5.84. The molecule has 4 nitrogen and oxygen atoms in total. The first kappa shape index (κ1) is 12.9. The molecule has 0 bridgehead atoms. The van der Waals surface area contributed by atoms with E-state index >= 15 is 0 Å². The molecule has 0 aliphatic rings. The quantitative estimate of drug-likeness (QED) is 0.869. The van der Waals surface area contributed by atoms with Crippen LogP contribution in [-0.4, -0.2) is 11.9 Å². The molecule has 3 N–H and O–H groups in total. The summed E-state index contributed by atoms with van der Waals surface area (Å²) in [6, 6.07) is 6.88. The van der Waals surface area contributed by atoms with Crippen LogP contribution in [0.3, 0.4) is 0 Å². The SMILES string of the molecule is CC(Cc1ccco1)NC(=O)C(N)c1cccs1. The van der Waals surface area contributed by atoms with E-state index in [0.29, 0.717) is 6.42 Å². The van der Waals surface area contributed by atoms with Gasteiger partial charge in [-0.1, -0.05) is 6.07 Å². The molecule has 0 saturated carbocycles. The molecule has 18 heavy (non-hydrogen) atoms. The Hall–Kier alpha value is -1.59. The molecule has 2 atom stereocenters. The minimum atomic E-state index is -0.593. The van der Waals surface area contributed by atoms with E-state index in [1.807, 2.05) is 36.6 Å². The predicted molar refractivity (Wildman–Crippen MR) is 71.3 cm³/mol. The first-order valence-electron chi connectivity index (χ1n) is 5.78. The van der Waals surface area contributed by atoms with Crippen LogP contribution in [0.5, 0.6) is 0 Å². The van der Waals surface area contributed by atoms with Gasteiger partial charge in [0.05, 0.1) is 6.26 Å². The van der Waals surface area contributed by atoms with Gasteiger partial charge in [-0.15, -0.1) is 11.3 Å². The highest BCUT2D eigenvalue weighted by molar-refractivity contribution is 7.10. The number of rotatable bonds is 5. The molecular formula is C13H16N2O2S. The molecule has 2 aromatic rings. The number of amides is 1. The van der Waals surface area contributed by atoms with Crippen LogP contribution in [0, 0.1) is 0 Å². The molecule has 96 valence electrons. The standard InChI is InChI=1S/C13H16N2O2S/c1-9(8-10-4-2-6-17-10)15-13(16)12(14)11-5-3-7-18-11/h2-7,9,12H,8,14H2,1H3,(H,15,16). The van der Waals surface area contributed by atoms with Crippen LogP contribution in [0.2, 0.25) is 0 Å². The zero-order valence-corrected chi connectivity index (χ0v) is 10.9. The number of hydrogen-bond donors (Lipinski definition) is 2. The lowest BCUT2D eigenvalue weighted by molar-refractivity contribution is -0.123. The second-order valence-electron chi connectivity index (χ2n) is 4.19. The largest absolute Gasteiger partial charge is 0.469 e. The Kier molecular flexibility index (Phi) is 4.17. The summed E-state index contributed by atoms with van der Waals surface area (Å²) < 4.78 is 5.24. The third-order valence-electron chi connectivity index (χ3n) is 2.61. The first-order chi connectivity index (χ1) is 8.66. The lowest BCUT2D eigenvalue weighted by Crippen LogP contribution is -2.40. The number of nitrogens with one attached hydrogen (secondary N) is 1. The van der Waals surface area contributed by atoms with E-state index in [0.717, 1.165) is 10.6 Å². The van der Waals surface area contributed by atoms with Gasteiger partial charge in [-0.05, 0) is 30.5 Å². The Morgan fingerprint density at radius 1 is 1.50 bits per heavy atom. The maximum atomic E-state index is 11.9. The summed E-state index contributed by atoms with van der Waals surface area (Å²) in [6.45, 7) is 1.93. The Morgan fingerprint density at radius 3 is 2.94 bits per heavy atom. The molecule has 0 spiro atoms. The first-order valence-corrected chi connectivity index (χ1v) is 6.66. The number of carbonyl (C=O) groups excluding carboxylic acids is 1. The van der Waals surface area contributed by atoms with Crippen molar-refractivity contribution < 1.29 is 9.21 Å². The highest BCUT2D eigenvalue weighted by Gasteiger charge is 2.18. The molecule has 2 rings (SSSR count). The van der Waals surface area contributed by atoms with Crippen molar-refractivity contribution in [3.05, 3.63) is 46.5 Å². The van der Waals surface area contributed by atoms with E-state index in [1.165, 1.54) is 11.3 Å². The maximum Gasteiger partial charge on any atom is 0.242 e. The van der Waals surface area contributed by atoms with Gasteiger partial charge in [-0.25, -0.2) is 0 Å². The fourth-order valence-corrected chi connectivity index (χ4v) is 2.44. The van der Waals surface area contributed by atoms with E-state index in [1.54, 1.807) is 6.26 Å². The van der Waals surface area contributed by atoms with E-state index in [-0.39, 0.29) is 11.9 Å². The summed E-state index contributed by atoms with van der Waals surface area (Å²) in [5.41, 5.74) is 5.88. The molecular weight excluding hydrogens is 248 g/mol. The van der Waals surface area contributed by atoms with Crippen LogP contribution in [0.4, 0.5) is 0 Å². The Morgan fingerprint density at radius 2 is 2.33 bits per heavy atom. The summed E-state index contributed by atoms with van der Waals surface area (Å²) in [5, 5.41) is 4.80. The maximum absolute atomic E-state index is 11.9. The van der Waals surface area contributed by atoms with E-state index in [4.69, 9.17) is 10.2 Å². The Balaban J connectivity index is 1.87. The van der Waals surface area contributed by atoms with E-state index < -0.39 is 6.04 Å². The van der Waals surface area contributed by atoms with Crippen molar-refractivity contribution in [1.29, 1.82) is 0 Å². The fourth-order valence-electron chi connectivity index (χ4n) is 1.71. The van der Waals surface area contributed by atoms with Crippen LogP contribution >= 0.6 is 11.3 Å². The average molecular weight is 264 g/mol. The van der Waals surface area contributed by atoms with Crippen molar-refractivity contribution in [3.63, 3.8) is 0 Å². The second-order valence-corrected chi connectivity index (χ2v) is 5.17. The van der Waals surface area contributed by atoms with Crippen LogP contribution in [0.1, 0.15) is 23.6 Å². The van der Waals surface area contributed by atoms with Gasteiger partial charge in [0.1, 0.15) is 11.8 Å². The lowest BCUT2D eigenvalue weighted by Gasteiger charge is -2.15. The summed E-state index contributed by atoms with van der Waals surface area (Å²) in [7, 11) is 0. The third-order valence-corrected chi connectivity index (χ3v) is 3.56. The monoisotopic (exact) mass is 264 g/mol.